The molecule has 1 heterocycles. The van der Waals surface area contributed by atoms with E-state index in [1.165, 1.54) is 24.1 Å². The molecule has 0 aliphatic carbocycles. The first-order valence-corrected chi connectivity index (χ1v) is 6.40. The maximum atomic E-state index is 12.3. The summed E-state index contributed by atoms with van der Waals surface area (Å²) in [6.07, 6.45) is 0.535. The summed E-state index contributed by atoms with van der Waals surface area (Å²) >= 11 is 11.6. The molecule has 1 aliphatic rings. The molecule has 2 rings (SSSR count). The van der Waals surface area contributed by atoms with Gasteiger partial charge in [0.15, 0.2) is 0 Å². The fourth-order valence-corrected chi connectivity index (χ4v) is 2.60. The van der Waals surface area contributed by atoms with Crippen LogP contribution in [0.4, 0.5) is 0 Å². The lowest BCUT2D eigenvalue weighted by Crippen LogP contribution is -2.41. The summed E-state index contributed by atoms with van der Waals surface area (Å²) in [5.41, 5.74) is -0.0479. The van der Waals surface area contributed by atoms with Crippen LogP contribution in [0.25, 0.3) is 0 Å². The molecule has 0 radical (unpaired) electrons. The molecular formula is C12H12Cl2N2O3. The molecule has 0 saturated carbocycles. The van der Waals surface area contributed by atoms with Gasteiger partial charge in [-0.25, -0.2) is 0 Å². The lowest BCUT2D eigenvalue weighted by Gasteiger charge is -2.23. The van der Waals surface area contributed by atoms with E-state index in [1.54, 1.807) is 0 Å². The molecule has 2 amide bonds. The monoisotopic (exact) mass is 302 g/mol. The molecule has 1 fully saturated rings. The molecule has 0 aromatic heterocycles. The Hall–Kier alpha value is -1.46. The highest BCUT2D eigenvalue weighted by molar-refractivity contribution is 6.37. The van der Waals surface area contributed by atoms with Crippen LogP contribution in [0.15, 0.2) is 12.1 Å². The largest absolute Gasteiger partial charge is 0.507 e. The summed E-state index contributed by atoms with van der Waals surface area (Å²) in [6.45, 7) is 0.529. The Labute approximate surface area is 120 Å². The van der Waals surface area contributed by atoms with E-state index in [9.17, 15) is 14.7 Å². The molecule has 19 heavy (non-hydrogen) atoms. The number of aromatic hydroxyl groups is 1. The molecule has 0 bridgehead atoms. The molecular weight excluding hydrogens is 291 g/mol. The smallest absolute Gasteiger partial charge is 0.259 e. The Morgan fingerprint density at radius 3 is 2.68 bits per heavy atom. The normalized spacial score (nSPS) is 18.3. The van der Waals surface area contributed by atoms with Crippen molar-refractivity contribution in [2.75, 3.05) is 13.6 Å². The van der Waals surface area contributed by atoms with Crippen LogP contribution in [0.3, 0.4) is 0 Å². The number of benzene rings is 1. The van der Waals surface area contributed by atoms with E-state index in [-0.39, 0.29) is 27.3 Å². The SMILES string of the molecule is CN(C(=O)c1c(O)cc(Cl)cc1Cl)C1CCNC1=O. The highest BCUT2D eigenvalue weighted by Crippen LogP contribution is 2.31. The van der Waals surface area contributed by atoms with Crippen LogP contribution in [0.2, 0.25) is 10.0 Å². The van der Waals surface area contributed by atoms with Crippen molar-refractivity contribution in [3.8, 4) is 5.75 Å². The van der Waals surface area contributed by atoms with Crippen molar-refractivity contribution in [3.63, 3.8) is 0 Å². The molecule has 1 atom stereocenters. The molecule has 1 aromatic carbocycles. The Morgan fingerprint density at radius 1 is 1.47 bits per heavy atom. The molecule has 5 nitrogen and oxygen atoms in total. The number of rotatable bonds is 2. The van der Waals surface area contributed by atoms with Gasteiger partial charge in [0.25, 0.3) is 5.91 Å². The molecule has 102 valence electrons. The predicted molar refractivity (Wildman–Crippen MR) is 71.6 cm³/mol. The summed E-state index contributed by atoms with van der Waals surface area (Å²) in [5.74, 6) is -1.02. The first-order valence-electron chi connectivity index (χ1n) is 5.64. The van der Waals surface area contributed by atoms with Gasteiger partial charge in [-0.2, -0.15) is 0 Å². The second kappa shape index (κ2) is 5.27. The lowest BCUT2D eigenvalue weighted by atomic mass is 10.1. The quantitative estimate of drug-likeness (QED) is 0.873. The molecule has 1 aliphatic heterocycles. The van der Waals surface area contributed by atoms with Crippen LogP contribution in [0, 0.1) is 0 Å². The Morgan fingerprint density at radius 2 is 2.16 bits per heavy atom. The maximum Gasteiger partial charge on any atom is 0.259 e. The third-order valence-electron chi connectivity index (χ3n) is 3.06. The van der Waals surface area contributed by atoms with Crippen LogP contribution in [-0.4, -0.2) is 41.5 Å². The van der Waals surface area contributed by atoms with Gasteiger partial charge in [-0.1, -0.05) is 23.2 Å². The summed E-state index contributed by atoms with van der Waals surface area (Å²) < 4.78 is 0. The van der Waals surface area contributed by atoms with Gasteiger partial charge in [0.1, 0.15) is 11.8 Å². The van der Waals surface area contributed by atoms with Gasteiger partial charge < -0.3 is 15.3 Å². The van der Waals surface area contributed by atoms with E-state index in [4.69, 9.17) is 23.2 Å². The van der Waals surface area contributed by atoms with Crippen molar-refractivity contribution in [2.24, 2.45) is 0 Å². The van der Waals surface area contributed by atoms with Crippen LogP contribution in [-0.2, 0) is 4.79 Å². The third kappa shape index (κ3) is 2.62. The van der Waals surface area contributed by atoms with Gasteiger partial charge in [0.05, 0.1) is 10.6 Å². The minimum absolute atomic E-state index is 0.0479. The molecule has 1 saturated heterocycles. The van der Waals surface area contributed by atoms with Crippen molar-refractivity contribution >= 4 is 35.0 Å². The lowest BCUT2D eigenvalue weighted by molar-refractivity contribution is -0.122. The van der Waals surface area contributed by atoms with Crippen LogP contribution < -0.4 is 5.32 Å². The number of hydrogen-bond donors (Lipinski definition) is 2. The zero-order valence-corrected chi connectivity index (χ0v) is 11.6. The Bertz CT molecular complexity index is 525. The summed E-state index contributed by atoms with van der Waals surface area (Å²) in [7, 11) is 1.50. The number of carbonyl (C=O) groups is 2. The van der Waals surface area contributed by atoms with Gasteiger partial charge in [-0.15, -0.1) is 0 Å². The van der Waals surface area contributed by atoms with Crippen molar-refractivity contribution in [2.45, 2.75) is 12.5 Å². The van der Waals surface area contributed by atoms with Crippen LogP contribution in [0.5, 0.6) is 5.75 Å². The Balaban J connectivity index is 2.32. The zero-order valence-electron chi connectivity index (χ0n) is 10.1. The Kier molecular flexibility index (Phi) is 3.87. The minimum Gasteiger partial charge on any atom is -0.507 e. The van der Waals surface area contributed by atoms with Gasteiger partial charge >= 0.3 is 0 Å². The third-order valence-corrected chi connectivity index (χ3v) is 3.57. The van der Waals surface area contributed by atoms with Crippen LogP contribution >= 0.6 is 23.2 Å². The number of phenols is 1. The number of carbonyl (C=O) groups excluding carboxylic acids is 2. The second-order valence-electron chi connectivity index (χ2n) is 4.29. The number of likely N-dealkylation sites (N-methyl/N-ethyl adjacent to an activating group) is 1. The van der Waals surface area contributed by atoms with E-state index >= 15 is 0 Å². The van der Waals surface area contributed by atoms with Crippen LogP contribution in [0.1, 0.15) is 16.8 Å². The van der Waals surface area contributed by atoms with E-state index < -0.39 is 11.9 Å². The number of amides is 2. The van der Waals surface area contributed by atoms with Gasteiger partial charge in [0, 0.05) is 18.6 Å². The average Bonchev–Trinajstić information content (AvgIpc) is 2.73. The number of halogens is 2. The molecule has 1 unspecified atom stereocenters. The second-order valence-corrected chi connectivity index (χ2v) is 5.14. The van der Waals surface area contributed by atoms with E-state index in [2.05, 4.69) is 5.32 Å². The van der Waals surface area contributed by atoms with E-state index in [0.717, 1.165) is 0 Å². The molecule has 0 spiro atoms. The van der Waals surface area contributed by atoms with Crippen molar-refractivity contribution < 1.29 is 14.7 Å². The first-order chi connectivity index (χ1) is 8.91. The van der Waals surface area contributed by atoms with E-state index in [1.807, 2.05) is 0 Å². The van der Waals surface area contributed by atoms with Gasteiger partial charge in [0.2, 0.25) is 5.91 Å². The first kappa shape index (κ1) is 14.0. The number of nitrogens with zero attached hydrogens (tertiary/aromatic N) is 1. The topological polar surface area (TPSA) is 69.6 Å². The highest BCUT2D eigenvalue weighted by atomic mass is 35.5. The van der Waals surface area contributed by atoms with Crippen molar-refractivity contribution in [3.05, 3.63) is 27.7 Å². The minimum atomic E-state index is -0.543. The summed E-state index contributed by atoms with van der Waals surface area (Å²) in [4.78, 5) is 25.1. The highest BCUT2D eigenvalue weighted by Gasteiger charge is 2.33. The van der Waals surface area contributed by atoms with Crippen molar-refractivity contribution in [1.29, 1.82) is 0 Å². The predicted octanol–water partition coefficient (Wildman–Crippen LogP) is 1.66. The number of phenolic OH excluding ortho intramolecular Hbond substituents is 1. The zero-order chi connectivity index (χ0) is 14.2. The maximum absolute atomic E-state index is 12.3. The fourth-order valence-electron chi connectivity index (χ4n) is 2.04. The molecule has 7 heteroatoms. The number of nitrogens with one attached hydrogen (secondary N) is 1. The number of hydrogen-bond acceptors (Lipinski definition) is 3. The van der Waals surface area contributed by atoms with Gasteiger partial charge in [-0.3, -0.25) is 9.59 Å². The summed E-state index contributed by atoms with van der Waals surface area (Å²) in [6, 6.07) is 2.07. The van der Waals surface area contributed by atoms with E-state index in [0.29, 0.717) is 13.0 Å². The molecule has 2 N–H and O–H groups in total. The van der Waals surface area contributed by atoms with Crippen molar-refractivity contribution in [1.82, 2.24) is 10.2 Å². The van der Waals surface area contributed by atoms with Gasteiger partial charge in [-0.05, 0) is 18.6 Å². The molecule has 1 aromatic rings. The fraction of sp³-hybridized carbons (Fsp3) is 0.333. The average molecular weight is 303 g/mol. The standard InChI is InChI=1S/C12H12Cl2N2O3/c1-16(8-2-3-15-11(8)18)12(19)10-7(14)4-6(13)5-9(10)17/h4-5,8,17H,2-3H2,1H3,(H,15,18). The summed E-state index contributed by atoms with van der Waals surface area (Å²) in [5, 5.41) is 12.7.